The van der Waals surface area contributed by atoms with Crippen LogP contribution >= 0.6 is 11.3 Å². The average Bonchev–Trinajstić information content (AvgIpc) is 3.28. The van der Waals surface area contributed by atoms with Crippen molar-refractivity contribution in [3.63, 3.8) is 0 Å². The molecule has 3 heterocycles. The molecule has 3 rings (SSSR count). The molecule has 0 aromatic carbocycles. The van der Waals surface area contributed by atoms with Gasteiger partial charge >= 0.3 is 5.69 Å². The van der Waals surface area contributed by atoms with E-state index in [9.17, 15) is 14.4 Å². The van der Waals surface area contributed by atoms with Gasteiger partial charge in [0.05, 0.1) is 17.2 Å². The number of nitrogens with one attached hydrogen (secondary N) is 1. The van der Waals surface area contributed by atoms with Crippen molar-refractivity contribution in [1.29, 1.82) is 0 Å². The number of methoxy groups -OCH3 is 1. The van der Waals surface area contributed by atoms with Crippen molar-refractivity contribution in [1.82, 2.24) is 19.3 Å². The molecular weight excluding hydrogens is 444 g/mol. The molecule has 3 aromatic rings. The number of hydrogen-bond acceptors (Lipinski definition) is 7. The minimum absolute atomic E-state index is 0.0369. The van der Waals surface area contributed by atoms with Gasteiger partial charge in [0, 0.05) is 32.1 Å². The third kappa shape index (κ3) is 5.03. The average molecular weight is 477 g/mol. The largest absolute Gasteiger partial charge is 0.383 e. The number of aromatic nitrogens is 4. The van der Waals surface area contributed by atoms with Gasteiger partial charge in [-0.25, -0.2) is 4.79 Å². The van der Waals surface area contributed by atoms with Crippen LogP contribution in [0.3, 0.4) is 0 Å². The molecule has 0 saturated carbocycles. The molecule has 1 amide bonds. The molecular formula is C22H32N6O4S. The fraction of sp³-hybridized carbons (Fsp3) is 0.545. The molecule has 180 valence electrons. The fourth-order valence-corrected chi connectivity index (χ4v) is 4.82. The topological polar surface area (TPSA) is 128 Å². The van der Waals surface area contributed by atoms with Gasteiger partial charge in [-0.05, 0) is 24.8 Å². The number of carbonyl (C=O) groups excluding carboxylic acids is 1. The molecule has 10 nitrogen and oxygen atoms in total. The van der Waals surface area contributed by atoms with Gasteiger partial charge in [0.15, 0.2) is 5.69 Å². The van der Waals surface area contributed by atoms with E-state index in [4.69, 9.17) is 10.5 Å². The standard InChI is InChI=1S/C22H32N6O4S/c1-12(2)10-27-18(23)17(19(29)24-22(27)31)26(7-8-32-6)20(30)16-9-15-14(5)25-28(11-13(3)4)21(15)33-16/h9,12-13H,7-8,10-11,23H2,1-6H3,(H,24,29,31). The van der Waals surface area contributed by atoms with Crippen molar-refractivity contribution < 1.29 is 9.53 Å². The van der Waals surface area contributed by atoms with E-state index in [0.29, 0.717) is 17.3 Å². The SMILES string of the molecule is COCCN(C(=O)c1cc2c(C)nn(CC(C)C)c2s1)c1c(N)n(CC(C)C)c(=O)[nH]c1=O. The number of anilines is 2. The lowest BCUT2D eigenvalue weighted by Gasteiger charge is -2.24. The number of nitrogens with zero attached hydrogens (tertiary/aromatic N) is 4. The smallest absolute Gasteiger partial charge is 0.330 e. The van der Waals surface area contributed by atoms with Crippen LogP contribution in [0.5, 0.6) is 0 Å². The summed E-state index contributed by atoms with van der Waals surface area (Å²) >= 11 is 1.33. The number of nitrogen functional groups attached to an aromatic ring is 1. The second kappa shape index (κ2) is 9.92. The monoisotopic (exact) mass is 476 g/mol. The summed E-state index contributed by atoms with van der Waals surface area (Å²) in [4.78, 5) is 43.8. The van der Waals surface area contributed by atoms with Crippen molar-refractivity contribution in [2.75, 3.05) is 30.9 Å². The Morgan fingerprint density at radius 1 is 1.24 bits per heavy atom. The number of fused-ring (bicyclic) bond motifs is 1. The van der Waals surface area contributed by atoms with Gasteiger partial charge < -0.3 is 10.5 Å². The van der Waals surface area contributed by atoms with Gasteiger partial charge in [-0.1, -0.05) is 27.7 Å². The molecule has 0 aliphatic rings. The number of nitrogens with two attached hydrogens (primary N) is 1. The lowest BCUT2D eigenvalue weighted by Crippen LogP contribution is -2.42. The number of aryl methyl sites for hydroxylation is 1. The lowest BCUT2D eigenvalue weighted by molar-refractivity contribution is 0.0979. The van der Waals surface area contributed by atoms with Crippen LogP contribution in [0.15, 0.2) is 15.7 Å². The Morgan fingerprint density at radius 3 is 2.52 bits per heavy atom. The Labute approximate surface area is 196 Å². The van der Waals surface area contributed by atoms with Crippen LogP contribution in [0.4, 0.5) is 11.5 Å². The van der Waals surface area contributed by atoms with Crippen LogP contribution in [0.2, 0.25) is 0 Å². The molecule has 0 aliphatic carbocycles. The van der Waals surface area contributed by atoms with E-state index in [1.165, 1.54) is 27.9 Å². The van der Waals surface area contributed by atoms with E-state index in [1.54, 1.807) is 6.07 Å². The highest BCUT2D eigenvalue weighted by molar-refractivity contribution is 7.20. The zero-order valence-electron chi connectivity index (χ0n) is 20.0. The Balaban J connectivity index is 2.12. The molecule has 0 radical (unpaired) electrons. The summed E-state index contributed by atoms with van der Waals surface area (Å²) in [6.45, 7) is 11.3. The molecule has 11 heteroatoms. The predicted octanol–water partition coefficient (Wildman–Crippen LogP) is 2.44. The third-order valence-corrected chi connectivity index (χ3v) is 6.29. The third-order valence-electron chi connectivity index (χ3n) is 5.15. The quantitative estimate of drug-likeness (QED) is 0.488. The predicted molar refractivity (Wildman–Crippen MR) is 131 cm³/mol. The first-order chi connectivity index (χ1) is 15.5. The van der Waals surface area contributed by atoms with Crippen LogP contribution in [0, 0.1) is 18.8 Å². The van der Waals surface area contributed by atoms with Crippen LogP contribution in [0.25, 0.3) is 10.2 Å². The van der Waals surface area contributed by atoms with Crippen LogP contribution in [-0.4, -0.2) is 45.5 Å². The summed E-state index contributed by atoms with van der Waals surface area (Å²) in [7, 11) is 1.51. The minimum Gasteiger partial charge on any atom is -0.383 e. The molecule has 0 fully saturated rings. The normalized spacial score (nSPS) is 11.8. The first-order valence-corrected chi connectivity index (χ1v) is 11.8. The van der Waals surface area contributed by atoms with Gasteiger partial charge in [-0.3, -0.25) is 28.7 Å². The summed E-state index contributed by atoms with van der Waals surface area (Å²) in [6.07, 6.45) is 0. The van der Waals surface area contributed by atoms with E-state index in [2.05, 4.69) is 23.9 Å². The molecule has 3 aromatic heterocycles. The van der Waals surface area contributed by atoms with Gasteiger partial charge in [-0.2, -0.15) is 5.10 Å². The highest BCUT2D eigenvalue weighted by Crippen LogP contribution is 2.31. The summed E-state index contributed by atoms with van der Waals surface area (Å²) in [5.74, 6) is 0.0922. The minimum atomic E-state index is -0.703. The van der Waals surface area contributed by atoms with E-state index in [1.807, 2.05) is 25.5 Å². The second-order valence-corrected chi connectivity index (χ2v) is 9.97. The molecule has 0 saturated heterocycles. The number of carbonyl (C=O) groups is 1. The first-order valence-electron chi connectivity index (χ1n) is 10.9. The van der Waals surface area contributed by atoms with Crippen molar-refractivity contribution in [3.8, 4) is 0 Å². The molecule has 0 unspecified atom stereocenters. The Hall–Kier alpha value is -2.92. The fourth-order valence-electron chi connectivity index (χ4n) is 3.70. The number of ether oxygens (including phenoxy) is 1. The number of H-pyrrole nitrogens is 1. The van der Waals surface area contributed by atoms with Crippen molar-refractivity contribution >= 4 is 39.0 Å². The lowest BCUT2D eigenvalue weighted by atomic mass is 10.2. The van der Waals surface area contributed by atoms with Gasteiger partial charge in [0.1, 0.15) is 10.6 Å². The van der Waals surface area contributed by atoms with E-state index >= 15 is 0 Å². The Bertz CT molecular complexity index is 1270. The van der Waals surface area contributed by atoms with Crippen LogP contribution < -0.4 is 21.9 Å². The van der Waals surface area contributed by atoms with Crippen molar-refractivity contribution in [2.24, 2.45) is 11.8 Å². The Morgan fingerprint density at radius 2 is 1.91 bits per heavy atom. The zero-order valence-corrected chi connectivity index (χ0v) is 20.8. The highest BCUT2D eigenvalue weighted by Gasteiger charge is 2.27. The van der Waals surface area contributed by atoms with E-state index < -0.39 is 11.2 Å². The second-order valence-electron chi connectivity index (χ2n) is 8.94. The maximum atomic E-state index is 13.6. The maximum absolute atomic E-state index is 13.6. The first kappa shape index (κ1) is 24.7. The molecule has 0 bridgehead atoms. The Kier molecular flexibility index (Phi) is 7.43. The highest BCUT2D eigenvalue weighted by atomic mass is 32.1. The summed E-state index contributed by atoms with van der Waals surface area (Å²) in [5, 5.41) is 5.49. The van der Waals surface area contributed by atoms with Crippen LogP contribution in [-0.2, 0) is 17.8 Å². The summed E-state index contributed by atoms with van der Waals surface area (Å²) in [5.41, 5.74) is 5.77. The van der Waals surface area contributed by atoms with E-state index in [-0.39, 0.29) is 36.5 Å². The van der Waals surface area contributed by atoms with Gasteiger partial charge in [0.25, 0.3) is 11.5 Å². The molecule has 0 spiro atoms. The number of rotatable bonds is 9. The number of aromatic amines is 1. The molecule has 3 N–H and O–H groups in total. The van der Waals surface area contributed by atoms with Crippen molar-refractivity contribution in [3.05, 3.63) is 37.5 Å². The summed E-state index contributed by atoms with van der Waals surface area (Å²) in [6, 6.07) is 1.80. The van der Waals surface area contributed by atoms with E-state index in [0.717, 1.165) is 22.5 Å². The number of thiophene rings is 1. The van der Waals surface area contributed by atoms with Gasteiger partial charge in [0.2, 0.25) is 0 Å². The van der Waals surface area contributed by atoms with Crippen molar-refractivity contribution in [2.45, 2.75) is 47.7 Å². The number of hydrogen-bond donors (Lipinski definition) is 2. The van der Waals surface area contributed by atoms with Gasteiger partial charge in [-0.15, -0.1) is 11.3 Å². The zero-order chi connectivity index (χ0) is 24.4. The van der Waals surface area contributed by atoms with Crippen LogP contribution in [0.1, 0.15) is 43.1 Å². The molecule has 0 atom stereocenters. The molecule has 33 heavy (non-hydrogen) atoms. The molecule has 0 aliphatic heterocycles. The number of amides is 1. The summed E-state index contributed by atoms with van der Waals surface area (Å²) < 4.78 is 8.39. The maximum Gasteiger partial charge on any atom is 0.330 e.